The zero-order valence-corrected chi connectivity index (χ0v) is 20.6. The van der Waals surface area contributed by atoms with Crippen LogP contribution in [-0.2, 0) is 0 Å². The van der Waals surface area contributed by atoms with Crippen LogP contribution in [0.25, 0.3) is 22.5 Å². The highest BCUT2D eigenvalue weighted by Gasteiger charge is 2.23. The van der Waals surface area contributed by atoms with Crippen LogP contribution in [0.1, 0.15) is 32.1 Å². The van der Waals surface area contributed by atoms with E-state index in [9.17, 15) is 9.59 Å². The highest BCUT2D eigenvalue weighted by Crippen LogP contribution is 2.28. The van der Waals surface area contributed by atoms with Crippen molar-refractivity contribution in [3.63, 3.8) is 0 Å². The fourth-order valence-electron chi connectivity index (χ4n) is 3.78. The molecule has 0 fully saturated rings. The minimum absolute atomic E-state index is 0.315. The number of carbonyl (C=O) groups is 2. The lowest BCUT2D eigenvalue weighted by molar-refractivity contribution is 0.101. The van der Waals surface area contributed by atoms with Gasteiger partial charge in [0.15, 0.2) is 10.3 Å². The molecule has 3 N–H and O–H groups in total. The SMILES string of the molecule is Cc1[nH]c(C(=O)Nc2nc(-c3ccccc3)cs2)c(C)c1C(=O)Nc1nc(-c2ccccc2)cs1. The van der Waals surface area contributed by atoms with Gasteiger partial charge in [-0.15, -0.1) is 22.7 Å². The highest BCUT2D eigenvalue weighted by atomic mass is 32.1. The lowest BCUT2D eigenvalue weighted by Gasteiger charge is -2.04. The van der Waals surface area contributed by atoms with Crippen molar-refractivity contribution < 1.29 is 9.59 Å². The number of amides is 2. The molecular weight excluding hydrogens is 478 g/mol. The van der Waals surface area contributed by atoms with Crippen molar-refractivity contribution in [2.24, 2.45) is 0 Å². The third-order valence-corrected chi connectivity index (χ3v) is 7.00. The Kier molecular flexibility index (Phi) is 6.26. The molecule has 5 rings (SSSR count). The van der Waals surface area contributed by atoms with Crippen molar-refractivity contribution in [3.8, 4) is 22.5 Å². The van der Waals surface area contributed by atoms with Crippen LogP contribution in [0.4, 0.5) is 10.3 Å². The predicted molar refractivity (Wildman–Crippen MR) is 141 cm³/mol. The molecule has 0 aliphatic heterocycles. The summed E-state index contributed by atoms with van der Waals surface area (Å²) in [7, 11) is 0. The molecule has 35 heavy (non-hydrogen) atoms. The third-order valence-electron chi connectivity index (χ3n) is 5.48. The number of nitrogens with one attached hydrogen (secondary N) is 3. The van der Waals surface area contributed by atoms with Crippen LogP contribution >= 0.6 is 22.7 Å². The second-order valence-electron chi connectivity index (χ2n) is 7.84. The lowest BCUT2D eigenvalue weighted by atomic mass is 10.1. The van der Waals surface area contributed by atoms with Crippen LogP contribution in [-0.4, -0.2) is 26.8 Å². The van der Waals surface area contributed by atoms with Gasteiger partial charge >= 0.3 is 0 Å². The smallest absolute Gasteiger partial charge is 0.274 e. The number of hydrogen-bond donors (Lipinski definition) is 3. The number of hydrogen-bond acceptors (Lipinski definition) is 6. The summed E-state index contributed by atoms with van der Waals surface area (Å²) in [5.41, 5.74) is 5.48. The Labute approximate surface area is 209 Å². The van der Waals surface area contributed by atoms with Gasteiger partial charge in [0, 0.05) is 27.6 Å². The van der Waals surface area contributed by atoms with Gasteiger partial charge in [-0.3, -0.25) is 20.2 Å². The van der Waals surface area contributed by atoms with Crippen LogP contribution in [0.2, 0.25) is 0 Å². The number of aryl methyl sites for hydroxylation is 1. The Morgan fingerprint density at radius 3 is 1.74 bits per heavy atom. The molecule has 7 nitrogen and oxygen atoms in total. The molecule has 2 aromatic carbocycles. The fourth-order valence-corrected chi connectivity index (χ4v) is 5.21. The van der Waals surface area contributed by atoms with Crippen LogP contribution in [0.15, 0.2) is 71.4 Å². The summed E-state index contributed by atoms with van der Waals surface area (Å²) in [5, 5.41) is 10.5. The lowest BCUT2D eigenvalue weighted by Crippen LogP contribution is -2.15. The standard InChI is InChI=1S/C26H21N5O2S2/c1-15-21(23(32)30-25-28-19(13-34-25)17-9-5-3-6-10-17)16(2)27-22(15)24(33)31-26-29-20(14-35-26)18-11-7-4-8-12-18/h3-14,27H,1-2H3,(H,28,30,32)(H,29,31,33). The van der Waals surface area contributed by atoms with Crippen molar-refractivity contribution in [1.29, 1.82) is 0 Å². The number of thiazole rings is 2. The molecule has 0 radical (unpaired) electrons. The number of carbonyl (C=O) groups excluding carboxylic acids is 2. The molecule has 174 valence electrons. The number of aromatic nitrogens is 3. The Morgan fingerprint density at radius 2 is 1.23 bits per heavy atom. The van der Waals surface area contributed by atoms with Gasteiger partial charge < -0.3 is 4.98 Å². The van der Waals surface area contributed by atoms with E-state index in [2.05, 4.69) is 25.6 Å². The van der Waals surface area contributed by atoms with Crippen LogP contribution in [0.5, 0.6) is 0 Å². The number of nitrogens with zero attached hydrogens (tertiary/aromatic N) is 2. The largest absolute Gasteiger partial charge is 0.354 e. The second-order valence-corrected chi connectivity index (χ2v) is 9.56. The summed E-state index contributed by atoms with van der Waals surface area (Å²) in [5.74, 6) is -0.663. The molecule has 0 saturated carbocycles. The van der Waals surface area contributed by atoms with Crippen LogP contribution in [0.3, 0.4) is 0 Å². The fraction of sp³-hybridized carbons (Fsp3) is 0.0769. The van der Waals surface area contributed by atoms with E-state index in [1.165, 1.54) is 22.7 Å². The van der Waals surface area contributed by atoms with Crippen molar-refractivity contribution in [2.75, 3.05) is 10.6 Å². The van der Waals surface area contributed by atoms with Gasteiger partial charge in [0.2, 0.25) is 0 Å². The van der Waals surface area contributed by atoms with Gasteiger partial charge in [0.05, 0.1) is 17.0 Å². The highest BCUT2D eigenvalue weighted by molar-refractivity contribution is 7.14. The Hall–Kier alpha value is -4.08. The normalized spacial score (nSPS) is 10.8. The maximum absolute atomic E-state index is 13.0. The summed E-state index contributed by atoms with van der Waals surface area (Å²) in [6.45, 7) is 3.52. The summed E-state index contributed by atoms with van der Waals surface area (Å²) < 4.78 is 0. The zero-order valence-electron chi connectivity index (χ0n) is 19.0. The van der Waals surface area contributed by atoms with E-state index in [0.29, 0.717) is 32.8 Å². The number of rotatable bonds is 6. The van der Waals surface area contributed by atoms with Crippen molar-refractivity contribution in [3.05, 3.63) is 93.9 Å². The van der Waals surface area contributed by atoms with Gasteiger partial charge in [-0.1, -0.05) is 60.7 Å². The molecule has 0 saturated heterocycles. The first-order chi connectivity index (χ1) is 17.0. The predicted octanol–water partition coefficient (Wildman–Crippen LogP) is 6.38. The minimum atomic E-state index is -0.348. The zero-order chi connectivity index (χ0) is 24.4. The summed E-state index contributed by atoms with van der Waals surface area (Å²) in [4.78, 5) is 38.1. The Bertz CT molecular complexity index is 1500. The summed E-state index contributed by atoms with van der Waals surface area (Å²) in [6, 6.07) is 19.5. The monoisotopic (exact) mass is 499 g/mol. The maximum Gasteiger partial charge on any atom is 0.274 e. The van der Waals surface area contributed by atoms with Crippen molar-refractivity contribution in [1.82, 2.24) is 15.0 Å². The van der Waals surface area contributed by atoms with E-state index < -0.39 is 0 Å². The number of anilines is 2. The quantitative estimate of drug-likeness (QED) is 0.252. The van der Waals surface area contributed by atoms with Crippen LogP contribution in [0, 0.1) is 13.8 Å². The molecule has 0 aliphatic carbocycles. The maximum atomic E-state index is 13.0. The van der Waals surface area contributed by atoms with Crippen molar-refractivity contribution in [2.45, 2.75) is 13.8 Å². The molecule has 0 spiro atoms. The molecule has 0 bridgehead atoms. The molecule has 9 heteroatoms. The van der Waals surface area contributed by atoms with E-state index in [-0.39, 0.29) is 11.8 Å². The van der Waals surface area contributed by atoms with Gasteiger partial charge in [0.25, 0.3) is 11.8 Å². The van der Waals surface area contributed by atoms with Gasteiger partial charge in [-0.25, -0.2) is 9.97 Å². The topological polar surface area (TPSA) is 99.8 Å². The average Bonchev–Trinajstić information content (AvgIpc) is 3.59. The number of benzene rings is 2. The van der Waals surface area contributed by atoms with E-state index in [1.54, 1.807) is 13.8 Å². The van der Waals surface area contributed by atoms with E-state index in [0.717, 1.165) is 22.5 Å². The summed E-state index contributed by atoms with van der Waals surface area (Å²) >= 11 is 2.70. The molecule has 5 aromatic rings. The molecule has 3 heterocycles. The third kappa shape index (κ3) is 4.77. The van der Waals surface area contributed by atoms with E-state index in [1.807, 2.05) is 71.4 Å². The molecule has 0 aliphatic rings. The van der Waals surface area contributed by atoms with Gasteiger partial charge in [-0.05, 0) is 19.4 Å². The van der Waals surface area contributed by atoms with E-state index >= 15 is 0 Å². The van der Waals surface area contributed by atoms with E-state index in [4.69, 9.17) is 0 Å². The van der Waals surface area contributed by atoms with Gasteiger partial charge in [-0.2, -0.15) is 0 Å². The number of H-pyrrole nitrogens is 1. The van der Waals surface area contributed by atoms with Crippen LogP contribution < -0.4 is 10.6 Å². The summed E-state index contributed by atoms with van der Waals surface area (Å²) in [6.07, 6.45) is 0. The van der Waals surface area contributed by atoms with Crippen molar-refractivity contribution >= 4 is 44.8 Å². The number of aromatic amines is 1. The molecule has 0 unspecified atom stereocenters. The second kappa shape index (κ2) is 9.65. The molecule has 3 aromatic heterocycles. The first-order valence-corrected chi connectivity index (χ1v) is 12.6. The van der Waals surface area contributed by atoms with Gasteiger partial charge in [0.1, 0.15) is 5.69 Å². The Morgan fingerprint density at radius 1 is 0.743 bits per heavy atom. The minimum Gasteiger partial charge on any atom is -0.354 e. The first kappa shape index (κ1) is 22.7. The first-order valence-electron chi connectivity index (χ1n) is 10.8. The average molecular weight is 500 g/mol. The molecular formula is C26H21N5O2S2. The molecule has 2 amide bonds. The Balaban J connectivity index is 1.31. The molecule has 0 atom stereocenters.